The second-order valence-electron chi connectivity index (χ2n) is 6.95. The van der Waals surface area contributed by atoms with Gasteiger partial charge in [-0.2, -0.15) is 0 Å². The molecule has 0 saturated carbocycles. The first-order chi connectivity index (χ1) is 11.7. The number of piperidine rings is 1. The topological polar surface area (TPSA) is 23.6 Å². The summed E-state index contributed by atoms with van der Waals surface area (Å²) < 4.78 is 0. The van der Waals surface area contributed by atoms with Crippen LogP contribution in [0.4, 0.5) is 11.4 Å². The lowest BCUT2D eigenvalue weighted by Crippen LogP contribution is -2.46. The van der Waals surface area contributed by atoms with E-state index in [1.165, 1.54) is 16.9 Å². The third kappa shape index (κ3) is 2.39. The van der Waals surface area contributed by atoms with Gasteiger partial charge in [-0.05, 0) is 36.6 Å². The van der Waals surface area contributed by atoms with Crippen molar-refractivity contribution in [1.82, 2.24) is 4.90 Å². The van der Waals surface area contributed by atoms with E-state index < -0.39 is 0 Å². The van der Waals surface area contributed by atoms with Gasteiger partial charge in [0.05, 0.1) is 0 Å². The van der Waals surface area contributed by atoms with E-state index in [1.54, 1.807) is 0 Å². The van der Waals surface area contributed by atoms with Crippen LogP contribution in [0.2, 0.25) is 0 Å². The number of carbonyl (C=O) groups is 1. The number of hydrogen-bond donors (Lipinski definition) is 0. The number of fused-ring (bicyclic) bond motifs is 2. The average molecular weight is 320 g/mol. The summed E-state index contributed by atoms with van der Waals surface area (Å²) in [6, 6.07) is 19.4. The van der Waals surface area contributed by atoms with Gasteiger partial charge in [-0.3, -0.25) is 4.79 Å². The number of likely N-dealkylation sites (tertiary alicyclic amines) is 1. The van der Waals surface area contributed by atoms with Crippen LogP contribution in [0.15, 0.2) is 54.6 Å². The highest BCUT2D eigenvalue weighted by molar-refractivity contribution is 5.76. The molecule has 124 valence electrons. The van der Waals surface area contributed by atoms with E-state index in [1.807, 2.05) is 11.8 Å². The minimum atomic E-state index is 0.178. The first kappa shape index (κ1) is 15.3. The molecule has 2 aliphatic heterocycles. The molecule has 0 N–H and O–H groups in total. The van der Waals surface area contributed by atoms with Gasteiger partial charge < -0.3 is 9.80 Å². The van der Waals surface area contributed by atoms with Crippen LogP contribution in [-0.4, -0.2) is 30.4 Å². The minimum absolute atomic E-state index is 0.178. The van der Waals surface area contributed by atoms with Crippen LogP contribution in [-0.2, 0) is 10.2 Å². The van der Waals surface area contributed by atoms with Gasteiger partial charge in [0.1, 0.15) is 0 Å². The Kier molecular flexibility index (Phi) is 3.79. The second-order valence-corrected chi connectivity index (χ2v) is 6.95. The molecule has 4 rings (SSSR count). The molecular weight excluding hydrogens is 296 g/mol. The summed E-state index contributed by atoms with van der Waals surface area (Å²) in [6.07, 6.45) is 2.72. The van der Waals surface area contributed by atoms with Crippen molar-refractivity contribution in [3.63, 3.8) is 0 Å². The van der Waals surface area contributed by atoms with Crippen LogP contribution in [0, 0.1) is 0 Å². The molecule has 1 amide bonds. The van der Waals surface area contributed by atoms with E-state index >= 15 is 0 Å². The summed E-state index contributed by atoms with van der Waals surface area (Å²) >= 11 is 0. The van der Waals surface area contributed by atoms with E-state index in [0.29, 0.717) is 6.42 Å². The number of nitrogens with zero attached hydrogens (tertiary/aromatic N) is 2. The fraction of sp³-hybridized carbons (Fsp3) is 0.381. The first-order valence-corrected chi connectivity index (χ1v) is 8.93. The number of para-hydroxylation sites is 2. The Bertz CT molecular complexity index is 733. The molecule has 3 heteroatoms. The molecule has 2 aromatic rings. The third-order valence-corrected chi connectivity index (χ3v) is 5.67. The molecule has 0 bridgehead atoms. The Morgan fingerprint density at radius 2 is 1.67 bits per heavy atom. The van der Waals surface area contributed by atoms with Gasteiger partial charge in [0.25, 0.3) is 0 Å². The summed E-state index contributed by atoms with van der Waals surface area (Å²) in [5, 5.41) is 0. The van der Waals surface area contributed by atoms with E-state index in [4.69, 9.17) is 0 Å². The fourth-order valence-electron chi connectivity index (χ4n) is 4.30. The van der Waals surface area contributed by atoms with Gasteiger partial charge in [-0.1, -0.05) is 43.3 Å². The highest BCUT2D eigenvalue weighted by Crippen LogP contribution is 2.49. The van der Waals surface area contributed by atoms with Gasteiger partial charge in [0.2, 0.25) is 5.91 Å². The quantitative estimate of drug-likeness (QED) is 0.831. The van der Waals surface area contributed by atoms with Gasteiger partial charge >= 0.3 is 0 Å². The number of anilines is 2. The van der Waals surface area contributed by atoms with Crippen molar-refractivity contribution >= 4 is 17.3 Å². The predicted octanol–water partition coefficient (Wildman–Crippen LogP) is 4.11. The van der Waals surface area contributed by atoms with Gasteiger partial charge in [0.15, 0.2) is 0 Å². The Labute approximate surface area is 143 Å². The maximum Gasteiger partial charge on any atom is 0.222 e. The minimum Gasteiger partial charge on any atom is -0.343 e. The number of rotatable bonds is 2. The number of carbonyl (C=O) groups excluding carboxylic acids is 1. The Morgan fingerprint density at radius 1 is 1.00 bits per heavy atom. The smallest absolute Gasteiger partial charge is 0.222 e. The lowest BCUT2D eigenvalue weighted by Gasteiger charge is -2.40. The molecule has 3 nitrogen and oxygen atoms in total. The van der Waals surface area contributed by atoms with Crippen molar-refractivity contribution < 1.29 is 4.79 Å². The Morgan fingerprint density at radius 3 is 2.38 bits per heavy atom. The zero-order valence-electron chi connectivity index (χ0n) is 14.2. The van der Waals surface area contributed by atoms with Crippen molar-refractivity contribution in [2.24, 2.45) is 0 Å². The zero-order chi connectivity index (χ0) is 16.6. The van der Waals surface area contributed by atoms with Crippen molar-refractivity contribution in [2.45, 2.75) is 31.6 Å². The van der Waals surface area contributed by atoms with Gasteiger partial charge in [0, 0.05) is 42.8 Å². The molecule has 1 fully saturated rings. The second kappa shape index (κ2) is 5.97. The summed E-state index contributed by atoms with van der Waals surface area (Å²) in [5.41, 5.74) is 4.22. The molecule has 0 aromatic heterocycles. The van der Waals surface area contributed by atoms with Crippen molar-refractivity contribution in [2.75, 3.05) is 24.5 Å². The number of amides is 1. The Balaban J connectivity index is 1.66. The molecule has 2 aromatic carbocycles. The van der Waals surface area contributed by atoms with Crippen LogP contribution >= 0.6 is 0 Å². The predicted molar refractivity (Wildman–Crippen MR) is 97.7 cm³/mol. The maximum atomic E-state index is 12.0. The van der Waals surface area contributed by atoms with E-state index in [9.17, 15) is 4.79 Å². The fourth-order valence-corrected chi connectivity index (χ4v) is 4.30. The lowest BCUT2D eigenvalue weighted by atomic mass is 9.74. The first-order valence-electron chi connectivity index (χ1n) is 8.93. The van der Waals surface area contributed by atoms with Gasteiger partial charge in [-0.25, -0.2) is 0 Å². The van der Waals surface area contributed by atoms with E-state index in [-0.39, 0.29) is 11.3 Å². The summed E-state index contributed by atoms with van der Waals surface area (Å²) in [7, 11) is 0. The third-order valence-electron chi connectivity index (χ3n) is 5.67. The normalized spacial score (nSPS) is 18.7. The number of hydrogen-bond acceptors (Lipinski definition) is 2. The van der Waals surface area contributed by atoms with Crippen LogP contribution in [0.3, 0.4) is 0 Å². The van der Waals surface area contributed by atoms with Crippen molar-refractivity contribution in [3.05, 3.63) is 60.2 Å². The highest BCUT2D eigenvalue weighted by Gasteiger charge is 2.45. The number of benzene rings is 2. The van der Waals surface area contributed by atoms with Crippen LogP contribution in [0.25, 0.3) is 0 Å². The molecule has 0 radical (unpaired) electrons. The van der Waals surface area contributed by atoms with Crippen LogP contribution in [0.1, 0.15) is 31.7 Å². The highest BCUT2D eigenvalue weighted by atomic mass is 16.2. The molecule has 1 saturated heterocycles. The maximum absolute atomic E-state index is 12.0. The zero-order valence-corrected chi connectivity index (χ0v) is 14.2. The van der Waals surface area contributed by atoms with Gasteiger partial charge in [-0.15, -0.1) is 0 Å². The molecule has 0 atom stereocenters. The molecule has 0 unspecified atom stereocenters. The van der Waals surface area contributed by atoms with Crippen molar-refractivity contribution in [3.8, 4) is 0 Å². The molecule has 1 spiro atoms. The van der Waals surface area contributed by atoms with Crippen LogP contribution in [0.5, 0.6) is 0 Å². The summed E-state index contributed by atoms with van der Waals surface area (Å²) in [6.45, 7) is 4.73. The average Bonchev–Trinajstić information content (AvgIpc) is 2.97. The van der Waals surface area contributed by atoms with Crippen molar-refractivity contribution in [1.29, 1.82) is 0 Å². The molecular formula is C21H24N2O. The van der Waals surface area contributed by atoms with E-state index in [2.05, 4.69) is 59.5 Å². The van der Waals surface area contributed by atoms with Crippen LogP contribution < -0.4 is 4.90 Å². The Hall–Kier alpha value is -2.29. The van der Waals surface area contributed by atoms with E-state index in [0.717, 1.165) is 32.5 Å². The molecule has 2 aliphatic rings. The largest absolute Gasteiger partial charge is 0.343 e. The molecule has 24 heavy (non-hydrogen) atoms. The SMILES string of the molecule is CCC(=O)N1CCC2(CC1)CN(c1ccccc1)c1ccccc12. The summed E-state index contributed by atoms with van der Waals surface area (Å²) in [4.78, 5) is 16.5. The molecule has 2 heterocycles. The summed E-state index contributed by atoms with van der Waals surface area (Å²) in [5.74, 6) is 0.288. The molecule has 0 aliphatic carbocycles. The lowest BCUT2D eigenvalue weighted by molar-refractivity contribution is -0.132. The monoisotopic (exact) mass is 320 g/mol. The standard InChI is InChI=1S/C21H24N2O/c1-2-20(24)22-14-12-21(13-15-22)16-23(17-8-4-3-5-9-17)19-11-7-6-10-18(19)21/h3-11H,2,12-16H2,1H3.